The minimum absolute atomic E-state index is 1.10. The first-order chi connectivity index (χ1) is 7.40. The number of nitrogens with one attached hydrogen (secondary N) is 1. The largest absolute Gasteiger partial charge is 0.369 e. The normalized spacial score (nSPS) is 16.7. The highest BCUT2D eigenvalue weighted by molar-refractivity contribution is 5.49. The Balaban J connectivity index is 2.02. The van der Waals surface area contributed by atoms with Gasteiger partial charge in [0.05, 0.1) is 0 Å². The summed E-state index contributed by atoms with van der Waals surface area (Å²) >= 11 is 0. The molecule has 1 heterocycles. The Morgan fingerprint density at radius 1 is 1.20 bits per heavy atom. The van der Waals surface area contributed by atoms with Crippen molar-refractivity contribution in [2.75, 3.05) is 31.1 Å². The average molecular weight is 203 g/mol. The van der Waals surface area contributed by atoms with Crippen molar-refractivity contribution in [1.82, 2.24) is 5.32 Å². The van der Waals surface area contributed by atoms with Gasteiger partial charge in [-0.3, -0.25) is 0 Å². The van der Waals surface area contributed by atoms with Crippen LogP contribution in [0.2, 0.25) is 0 Å². The molecule has 0 spiro atoms. The van der Waals surface area contributed by atoms with Crippen molar-refractivity contribution in [3.63, 3.8) is 0 Å². The van der Waals surface area contributed by atoms with Gasteiger partial charge in [0.1, 0.15) is 0 Å². The minimum Gasteiger partial charge on any atom is -0.369 e. The fourth-order valence-electron chi connectivity index (χ4n) is 1.98. The molecule has 1 aromatic rings. The Hall–Kier alpha value is -1.02. The second-order valence-corrected chi connectivity index (χ2v) is 3.94. The molecule has 0 unspecified atom stereocenters. The molecule has 15 heavy (non-hydrogen) atoms. The topological polar surface area (TPSA) is 15.3 Å². The molecule has 0 bridgehead atoms. The van der Waals surface area contributed by atoms with Crippen molar-refractivity contribution >= 4 is 5.69 Å². The highest BCUT2D eigenvalue weighted by Crippen LogP contribution is 2.16. The van der Waals surface area contributed by atoms with Gasteiger partial charge in [0, 0.05) is 31.9 Å². The molecule has 0 atom stereocenters. The van der Waals surface area contributed by atoms with Crippen LogP contribution in [0, 0.1) is 6.42 Å². The van der Waals surface area contributed by atoms with Crippen LogP contribution in [0.5, 0.6) is 0 Å². The molecule has 2 nitrogen and oxygen atoms in total. The van der Waals surface area contributed by atoms with E-state index in [2.05, 4.69) is 47.8 Å². The number of rotatable bonds is 3. The van der Waals surface area contributed by atoms with Crippen LogP contribution in [0.25, 0.3) is 0 Å². The second kappa shape index (κ2) is 5.17. The molecule has 1 saturated heterocycles. The van der Waals surface area contributed by atoms with Crippen LogP contribution in [-0.4, -0.2) is 26.2 Å². The molecule has 0 aromatic heterocycles. The second-order valence-electron chi connectivity index (χ2n) is 3.94. The van der Waals surface area contributed by atoms with Crippen LogP contribution in [0.4, 0.5) is 5.69 Å². The van der Waals surface area contributed by atoms with E-state index in [1.807, 2.05) is 0 Å². The summed E-state index contributed by atoms with van der Waals surface area (Å²) in [5, 5.41) is 3.37. The number of hydrogen-bond donors (Lipinski definition) is 1. The Labute approximate surface area is 92.3 Å². The highest BCUT2D eigenvalue weighted by atomic mass is 15.2. The molecule has 1 aliphatic heterocycles. The highest BCUT2D eigenvalue weighted by Gasteiger charge is 2.09. The summed E-state index contributed by atoms with van der Waals surface area (Å²) in [6.45, 7) is 6.61. The lowest BCUT2D eigenvalue weighted by Gasteiger charge is -2.29. The zero-order chi connectivity index (χ0) is 10.5. The number of nitrogens with zero attached hydrogens (tertiary/aromatic N) is 1. The first-order valence-corrected chi connectivity index (χ1v) is 5.79. The fraction of sp³-hybridized carbons (Fsp3) is 0.462. The fourth-order valence-corrected chi connectivity index (χ4v) is 1.98. The average Bonchev–Trinajstić information content (AvgIpc) is 2.32. The van der Waals surface area contributed by atoms with Crippen molar-refractivity contribution < 1.29 is 0 Å². The summed E-state index contributed by atoms with van der Waals surface area (Å²) in [7, 11) is 0. The zero-order valence-electron chi connectivity index (χ0n) is 9.37. The number of hydrogen-bond acceptors (Lipinski definition) is 2. The van der Waals surface area contributed by atoms with Crippen LogP contribution in [0.3, 0.4) is 0 Å². The molecule has 0 saturated carbocycles. The maximum Gasteiger partial charge on any atom is 0.0367 e. The molecule has 1 N–H and O–H groups in total. The van der Waals surface area contributed by atoms with E-state index in [0.29, 0.717) is 0 Å². The standard InChI is InChI=1S/C13H19N2/c1-2-3-12-4-6-13(7-5-12)15-10-8-14-9-11-15/h3-7,14H,2,8-11H2,1H3. The monoisotopic (exact) mass is 203 g/mol. The van der Waals surface area contributed by atoms with E-state index in [4.69, 9.17) is 0 Å². The molecule has 2 heteroatoms. The molecule has 0 amide bonds. The lowest BCUT2D eigenvalue weighted by molar-refractivity contribution is 0.589. The van der Waals surface area contributed by atoms with Gasteiger partial charge in [-0.1, -0.05) is 19.1 Å². The maximum atomic E-state index is 3.37. The van der Waals surface area contributed by atoms with Gasteiger partial charge in [-0.15, -0.1) is 0 Å². The summed E-state index contributed by atoms with van der Waals surface area (Å²) in [5.74, 6) is 0. The minimum atomic E-state index is 1.10. The summed E-state index contributed by atoms with van der Waals surface area (Å²) in [4.78, 5) is 2.44. The van der Waals surface area contributed by atoms with E-state index in [1.165, 1.54) is 11.3 Å². The van der Waals surface area contributed by atoms with Crippen molar-refractivity contribution in [2.45, 2.75) is 13.3 Å². The van der Waals surface area contributed by atoms with Crippen LogP contribution in [0.15, 0.2) is 24.3 Å². The summed E-state index contributed by atoms with van der Waals surface area (Å²) in [6, 6.07) is 8.88. The number of anilines is 1. The molecular formula is C13H19N2. The Bertz CT molecular complexity index is 286. The zero-order valence-corrected chi connectivity index (χ0v) is 9.37. The lowest BCUT2D eigenvalue weighted by Crippen LogP contribution is -2.43. The number of benzene rings is 1. The third-order valence-electron chi connectivity index (χ3n) is 2.82. The predicted octanol–water partition coefficient (Wildman–Crippen LogP) is 2.06. The quantitative estimate of drug-likeness (QED) is 0.809. The van der Waals surface area contributed by atoms with Crippen LogP contribution < -0.4 is 10.2 Å². The van der Waals surface area contributed by atoms with E-state index in [1.54, 1.807) is 0 Å². The van der Waals surface area contributed by atoms with Gasteiger partial charge in [-0.05, 0) is 30.5 Å². The summed E-state index contributed by atoms with van der Waals surface area (Å²) in [5.41, 5.74) is 2.68. The van der Waals surface area contributed by atoms with Crippen molar-refractivity contribution in [3.05, 3.63) is 36.2 Å². The van der Waals surface area contributed by atoms with Crippen LogP contribution in [0.1, 0.15) is 18.9 Å². The summed E-state index contributed by atoms with van der Waals surface area (Å²) in [6.07, 6.45) is 3.36. The van der Waals surface area contributed by atoms with Crippen LogP contribution >= 0.6 is 0 Å². The molecule has 1 aromatic carbocycles. The Morgan fingerprint density at radius 2 is 1.87 bits per heavy atom. The van der Waals surface area contributed by atoms with Crippen molar-refractivity contribution in [2.24, 2.45) is 0 Å². The number of piperazine rings is 1. The van der Waals surface area contributed by atoms with E-state index in [9.17, 15) is 0 Å². The first-order valence-electron chi connectivity index (χ1n) is 5.79. The molecule has 0 aliphatic carbocycles. The smallest absolute Gasteiger partial charge is 0.0367 e. The Kier molecular flexibility index (Phi) is 3.62. The van der Waals surface area contributed by atoms with Gasteiger partial charge in [0.2, 0.25) is 0 Å². The molecule has 81 valence electrons. The molecule has 1 fully saturated rings. The first kappa shape index (κ1) is 10.5. The molecule has 1 radical (unpaired) electrons. The predicted molar refractivity (Wildman–Crippen MR) is 65.2 cm³/mol. The van der Waals surface area contributed by atoms with Gasteiger partial charge in [-0.25, -0.2) is 0 Å². The third-order valence-corrected chi connectivity index (χ3v) is 2.82. The van der Waals surface area contributed by atoms with Crippen molar-refractivity contribution in [1.29, 1.82) is 0 Å². The maximum absolute atomic E-state index is 3.37. The van der Waals surface area contributed by atoms with Gasteiger partial charge in [-0.2, -0.15) is 0 Å². The molecular weight excluding hydrogens is 184 g/mol. The Morgan fingerprint density at radius 3 is 2.47 bits per heavy atom. The third kappa shape index (κ3) is 2.72. The summed E-state index contributed by atoms with van der Waals surface area (Å²) < 4.78 is 0. The lowest BCUT2D eigenvalue weighted by atomic mass is 10.1. The van der Waals surface area contributed by atoms with E-state index < -0.39 is 0 Å². The van der Waals surface area contributed by atoms with E-state index in [0.717, 1.165) is 32.6 Å². The van der Waals surface area contributed by atoms with E-state index >= 15 is 0 Å². The van der Waals surface area contributed by atoms with Gasteiger partial charge >= 0.3 is 0 Å². The van der Waals surface area contributed by atoms with Crippen molar-refractivity contribution in [3.8, 4) is 0 Å². The van der Waals surface area contributed by atoms with Gasteiger partial charge in [0.15, 0.2) is 0 Å². The van der Waals surface area contributed by atoms with Crippen LogP contribution in [-0.2, 0) is 0 Å². The SMILES string of the molecule is CC[CH]c1ccc(N2CCNCC2)cc1. The van der Waals surface area contributed by atoms with Gasteiger partial charge < -0.3 is 10.2 Å². The molecule has 1 aliphatic rings. The van der Waals surface area contributed by atoms with E-state index in [-0.39, 0.29) is 0 Å². The molecule has 2 rings (SSSR count). The van der Waals surface area contributed by atoms with Gasteiger partial charge in [0.25, 0.3) is 0 Å².